The fourth-order valence-corrected chi connectivity index (χ4v) is 3.91. The van der Waals surface area contributed by atoms with Crippen LogP contribution < -0.4 is 5.32 Å². The first-order valence-electron chi connectivity index (χ1n) is 9.49. The van der Waals surface area contributed by atoms with Gasteiger partial charge in [-0.25, -0.2) is 13.5 Å². The Morgan fingerprint density at radius 3 is 2.69 bits per heavy atom. The maximum Gasteiger partial charge on any atom is 0.286 e. The van der Waals surface area contributed by atoms with E-state index in [0.717, 1.165) is 23.7 Å². The first-order chi connectivity index (χ1) is 13.7. The van der Waals surface area contributed by atoms with Crippen molar-refractivity contribution in [1.29, 1.82) is 0 Å². The molecule has 152 valence electrons. The van der Waals surface area contributed by atoms with E-state index in [1.807, 2.05) is 0 Å². The van der Waals surface area contributed by atoms with Gasteiger partial charge in [0.25, 0.3) is 5.91 Å². The zero-order valence-electron chi connectivity index (χ0n) is 16.2. The molecule has 2 aromatic rings. The first-order valence-corrected chi connectivity index (χ1v) is 9.49. The highest BCUT2D eigenvalue weighted by molar-refractivity contribution is 6.01. The number of benzene rings is 1. The normalized spacial score (nSPS) is 20.5. The van der Waals surface area contributed by atoms with Crippen molar-refractivity contribution in [2.45, 2.75) is 51.2 Å². The summed E-state index contributed by atoms with van der Waals surface area (Å²) >= 11 is 0. The van der Waals surface area contributed by atoms with E-state index in [0.29, 0.717) is 18.5 Å². The maximum atomic E-state index is 13.6. The molecular formula is C21H21F2N3O3. The number of ketones is 1. The Labute approximate surface area is 166 Å². The van der Waals surface area contributed by atoms with Crippen LogP contribution in [-0.2, 0) is 20.7 Å². The fourth-order valence-electron chi connectivity index (χ4n) is 3.91. The Kier molecular flexibility index (Phi) is 4.72. The molecule has 1 atom stereocenters. The number of hydrogen-bond acceptors (Lipinski definition) is 4. The second-order valence-electron chi connectivity index (χ2n) is 8.02. The molecule has 0 fully saturated rings. The molecule has 0 saturated carbocycles. The molecule has 0 spiro atoms. The van der Waals surface area contributed by atoms with Crippen molar-refractivity contribution < 1.29 is 23.1 Å². The molecule has 1 amide bonds. The third-order valence-corrected chi connectivity index (χ3v) is 5.08. The first kappa shape index (κ1) is 19.3. The molecule has 4 rings (SSSR count). The smallest absolute Gasteiger partial charge is 0.286 e. The fraction of sp³-hybridized carbons (Fsp3) is 0.381. The number of amides is 1. The topological polar surface area (TPSA) is 73.2 Å². The third kappa shape index (κ3) is 3.92. The largest absolute Gasteiger partial charge is 0.482 e. The van der Waals surface area contributed by atoms with Crippen LogP contribution in [0.15, 0.2) is 36.2 Å². The molecule has 1 aromatic carbocycles. The lowest BCUT2D eigenvalue weighted by molar-refractivity contribution is -0.131. The molecule has 1 aromatic heterocycles. The highest BCUT2D eigenvalue weighted by Crippen LogP contribution is 2.32. The standard InChI is InChI=1S/C21H21F2N3O3/c1-21(2)10-15(27)9-19(29-21)20(28)25-17-4-3-5-18-16(17)11-24-26(18)14-7-12(22)6-13(23)8-14/h6-9,11,17H,3-5,10H2,1-2H3,(H,25,28)/t17-/m1/s1. The number of fused-ring (bicyclic) bond motifs is 1. The van der Waals surface area contributed by atoms with Gasteiger partial charge in [0.1, 0.15) is 17.2 Å². The predicted octanol–water partition coefficient (Wildman–Crippen LogP) is 3.30. The summed E-state index contributed by atoms with van der Waals surface area (Å²) in [4.78, 5) is 24.6. The summed E-state index contributed by atoms with van der Waals surface area (Å²) in [6.45, 7) is 3.51. The van der Waals surface area contributed by atoms with E-state index < -0.39 is 23.1 Å². The summed E-state index contributed by atoms with van der Waals surface area (Å²) in [6.07, 6.45) is 5.17. The van der Waals surface area contributed by atoms with Gasteiger partial charge in [0.05, 0.1) is 17.9 Å². The molecule has 1 aliphatic carbocycles. The molecular weight excluding hydrogens is 380 g/mol. The summed E-state index contributed by atoms with van der Waals surface area (Å²) in [5, 5.41) is 7.19. The van der Waals surface area contributed by atoms with Gasteiger partial charge < -0.3 is 10.1 Å². The van der Waals surface area contributed by atoms with Gasteiger partial charge in [-0.05, 0) is 45.2 Å². The summed E-state index contributed by atoms with van der Waals surface area (Å²) < 4.78 is 34.4. The SMILES string of the molecule is CC1(C)CC(=O)C=C(C(=O)N[C@@H]2CCCc3c2cnn3-c2cc(F)cc(F)c2)O1. The van der Waals surface area contributed by atoms with Crippen molar-refractivity contribution in [3.05, 3.63) is 59.1 Å². The van der Waals surface area contributed by atoms with E-state index >= 15 is 0 Å². The summed E-state index contributed by atoms with van der Waals surface area (Å²) in [5.41, 5.74) is 1.14. The zero-order valence-corrected chi connectivity index (χ0v) is 16.2. The van der Waals surface area contributed by atoms with Gasteiger partial charge in [-0.3, -0.25) is 9.59 Å². The zero-order chi connectivity index (χ0) is 20.8. The van der Waals surface area contributed by atoms with E-state index in [1.165, 1.54) is 22.9 Å². The Bertz CT molecular complexity index is 1010. The quantitative estimate of drug-likeness (QED) is 0.857. The number of hydrogen-bond donors (Lipinski definition) is 1. The Morgan fingerprint density at radius 1 is 1.28 bits per heavy atom. The minimum Gasteiger partial charge on any atom is -0.482 e. The van der Waals surface area contributed by atoms with Crippen LogP contribution >= 0.6 is 0 Å². The van der Waals surface area contributed by atoms with Gasteiger partial charge >= 0.3 is 0 Å². The second kappa shape index (κ2) is 7.09. The van der Waals surface area contributed by atoms with E-state index in [1.54, 1.807) is 20.0 Å². The van der Waals surface area contributed by atoms with Gasteiger partial charge in [-0.2, -0.15) is 5.10 Å². The number of aromatic nitrogens is 2. The Balaban J connectivity index is 1.59. The van der Waals surface area contributed by atoms with Crippen molar-refractivity contribution in [2.24, 2.45) is 0 Å². The van der Waals surface area contributed by atoms with Crippen molar-refractivity contribution in [2.75, 3.05) is 0 Å². The van der Waals surface area contributed by atoms with Crippen molar-refractivity contribution in [3.63, 3.8) is 0 Å². The molecule has 8 heteroatoms. The van der Waals surface area contributed by atoms with Crippen LogP contribution in [0.4, 0.5) is 8.78 Å². The monoisotopic (exact) mass is 401 g/mol. The lowest BCUT2D eigenvalue weighted by atomic mass is 9.92. The van der Waals surface area contributed by atoms with Gasteiger partial charge in [0.15, 0.2) is 11.5 Å². The van der Waals surface area contributed by atoms with Crippen LogP contribution in [0.3, 0.4) is 0 Å². The van der Waals surface area contributed by atoms with Gasteiger partial charge in [0, 0.05) is 29.8 Å². The van der Waals surface area contributed by atoms with E-state index in [9.17, 15) is 18.4 Å². The average Bonchev–Trinajstić information content (AvgIpc) is 3.04. The molecule has 0 unspecified atom stereocenters. The minimum atomic E-state index is -0.734. The van der Waals surface area contributed by atoms with E-state index in [-0.39, 0.29) is 24.0 Å². The highest BCUT2D eigenvalue weighted by Gasteiger charge is 2.33. The van der Waals surface area contributed by atoms with Gasteiger partial charge in [-0.1, -0.05) is 0 Å². The molecule has 0 radical (unpaired) electrons. The van der Waals surface area contributed by atoms with Crippen LogP contribution in [0.1, 0.15) is 50.4 Å². The number of nitrogens with zero attached hydrogens (tertiary/aromatic N) is 2. The van der Waals surface area contributed by atoms with E-state index in [4.69, 9.17) is 4.74 Å². The second-order valence-corrected chi connectivity index (χ2v) is 8.02. The third-order valence-electron chi connectivity index (χ3n) is 5.08. The van der Waals surface area contributed by atoms with Crippen LogP contribution in [0, 0.1) is 11.6 Å². The molecule has 1 N–H and O–H groups in total. The molecule has 29 heavy (non-hydrogen) atoms. The van der Waals surface area contributed by atoms with Crippen LogP contribution in [0.25, 0.3) is 5.69 Å². The van der Waals surface area contributed by atoms with Gasteiger partial charge in [0.2, 0.25) is 0 Å². The van der Waals surface area contributed by atoms with Crippen molar-refractivity contribution >= 4 is 11.7 Å². The maximum absolute atomic E-state index is 13.6. The molecule has 2 heterocycles. The predicted molar refractivity (Wildman–Crippen MR) is 100 cm³/mol. The van der Waals surface area contributed by atoms with Crippen molar-refractivity contribution in [1.82, 2.24) is 15.1 Å². The van der Waals surface area contributed by atoms with Crippen LogP contribution in [-0.4, -0.2) is 27.1 Å². The molecule has 0 bridgehead atoms. The van der Waals surface area contributed by atoms with Gasteiger partial charge in [-0.15, -0.1) is 0 Å². The number of ether oxygens (including phenoxy) is 1. The lowest BCUT2D eigenvalue weighted by Gasteiger charge is -2.31. The molecule has 1 aliphatic heterocycles. The average molecular weight is 401 g/mol. The van der Waals surface area contributed by atoms with Crippen LogP contribution in [0.2, 0.25) is 0 Å². The summed E-state index contributed by atoms with van der Waals surface area (Å²) in [7, 11) is 0. The number of allylic oxidation sites excluding steroid dienone is 1. The summed E-state index contributed by atoms with van der Waals surface area (Å²) in [6, 6.07) is 2.91. The van der Waals surface area contributed by atoms with Crippen LogP contribution in [0.5, 0.6) is 0 Å². The Morgan fingerprint density at radius 2 is 2.00 bits per heavy atom. The molecule has 2 aliphatic rings. The van der Waals surface area contributed by atoms with Crippen molar-refractivity contribution in [3.8, 4) is 5.69 Å². The molecule has 6 nitrogen and oxygen atoms in total. The highest BCUT2D eigenvalue weighted by atomic mass is 19.1. The number of carbonyl (C=O) groups is 2. The number of rotatable bonds is 3. The van der Waals surface area contributed by atoms with E-state index in [2.05, 4.69) is 10.4 Å². The number of nitrogens with one attached hydrogen (secondary N) is 1. The number of carbonyl (C=O) groups excluding carboxylic acids is 2. The minimum absolute atomic E-state index is 0.00188. The summed E-state index contributed by atoms with van der Waals surface area (Å²) in [5.74, 6) is -1.99. The Hall–Kier alpha value is -3.03. The number of halogens is 2. The molecule has 0 saturated heterocycles. The lowest BCUT2D eigenvalue weighted by Crippen LogP contribution is -2.39.